The largest absolute Gasteiger partial charge is 0.478 e. The lowest BCUT2D eigenvalue weighted by molar-refractivity contribution is 0.0695. The Morgan fingerprint density at radius 1 is 1.41 bits per heavy atom. The van der Waals surface area contributed by atoms with Crippen LogP contribution in [0.25, 0.3) is 0 Å². The van der Waals surface area contributed by atoms with Crippen LogP contribution in [0, 0.1) is 0 Å². The van der Waals surface area contributed by atoms with Gasteiger partial charge in [0.25, 0.3) is 0 Å². The second kappa shape index (κ2) is 5.58. The van der Waals surface area contributed by atoms with Gasteiger partial charge < -0.3 is 10.2 Å². The molecule has 0 aliphatic carbocycles. The molecule has 0 amide bonds. The highest BCUT2D eigenvalue weighted by Crippen LogP contribution is 2.20. The van der Waals surface area contributed by atoms with Gasteiger partial charge in [-0.15, -0.1) is 0 Å². The van der Waals surface area contributed by atoms with Gasteiger partial charge in [-0.05, 0) is 34.1 Å². The van der Waals surface area contributed by atoms with E-state index in [1.165, 1.54) is 12.1 Å². The lowest BCUT2D eigenvalue weighted by Gasteiger charge is -2.07. The number of aromatic carboxylic acids is 1. The van der Waals surface area contributed by atoms with E-state index in [1.54, 1.807) is 0 Å². The lowest BCUT2D eigenvalue weighted by atomic mass is 10.2. The molecule has 0 spiro atoms. The van der Waals surface area contributed by atoms with Gasteiger partial charge in [-0.25, -0.2) is 17.9 Å². The Bertz CT molecular complexity index is 528. The minimum Gasteiger partial charge on any atom is -0.478 e. The fraction of sp³-hybridized carbons (Fsp3) is 0.222. The number of nitrogens with one attached hydrogen (secondary N) is 1. The molecule has 17 heavy (non-hydrogen) atoms. The summed E-state index contributed by atoms with van der Waals surface area (Å²) in [5.41, 5.74) is -0.142. The lowest BCUT2D eigenvalue weighted by Crippen LogP contribution is -2.26. The molecule has 94 valence electrons. The Hall–Kier alpha value is -0.960. The molecule has 3 N–H and O–H groups in total. The third-order valence-corrected chi connectivity index (χ3v) is 4.03. The SMILES string of the molecule is O=C(O)c1cc(S(=O)(=O)NCCO)ccc1Br. The number of hydrogen-bond acceptors (Lipinski definition) is 4. The standard InChI is InChI=1S/C9H10BrNO5S/c10-8-2-1-6(5-7(8)9(13)14)17(15,16)11-3-4-12/h1-2,5,11-12H,3-4H2,(H,13,14). The number of aliphatic hydroxyl groups is 1. The number of benzene rings is 1. The summed E-state index contributed by atoms with van der Waals surface area (Å²) in [4.78, 5) is 10.7. The molecule has 1 aromatic rings. The Labute approximate surface area is 106 Å². The number of aliphatic hydroxyl groups excluding tert-OH is 1. The minimum absolute atomic E-state index is 0.124. The van der Waals surface area contributed by atoms with E-state index in [0.29, 0.717) is 4.47 Å². The zero-order valence-corrected chi connectivity index (χ0v) is 11.0. The van der Waals surface area contributed by atoms with Gasteiger partial charge in [0.15, 0.2) is 0 Å². The van der Waals surface area contributed by atoms with E-state index in [9.17, 15) is 13.2 Å². The van der Waals surface area contributed by atoms with E-state index in [1.807, 2.05) is 0 Å². The van der Waals surface area contributed by atoms with Crippen molar-refractivity contribution in [2.45, 2.75) is 4.90 Å². The van der Waals surface area contributed by atoms with Crippen LogP contribution >= 0.6 is 15.9 Å². The van der Waals surface area contributed by atoms with Crippen molar-refractivity contribution in [1.29, 1.82) is 0 Å². The second-order valence-electron chi connectivity index (χ2n) is 3.07. The molecule has 6 nitrogen and oxygen atoms in total. The second-order valence-corrected chi connectivity index (χ2v) is 5.69. The first-order valence-corrected chi connectivity index (χ1v) is 6.79. The Balaban J connectivity index is 3.16. The Morgan fingerprint density at radius 2 is 2.06 bits per heavy atom. The number of carboxylic acids is 1. The van der Waals surface area contributed by atoms with Crippen molar-refractivity contribution in [3.8, 4) is 0 Å². The van der Waals surface area contributed by atoms with Crippen molar-refractivity contribution in [1.82, 2.24) is 4.72 Å². The van der Waals surface area contributed by atoms with Gasteiger partial charge in [-0.1, -0.05) is 0 Å². The average molecular weight is 324 g/mol. The molecule has 0 aliphatic heterocycles. The van der Waals surface area contributed by atoms with Crippen molar-refractivity contribution in [2.24, 2.45) is 0 Å². The maximum atomic E-state index is 11.6. The van der Waals surface area contributed by atoms with Gasteiger partial charge >= 0.3 is 5.97 Å². The summed E-state index contributed by atoms with van der Waals surface area (Å²) in [6.07, 6.45) is 0. The van der Waals surface area contributed by atoms with Crippen LogP contribution in [0.2, 0.25) is 0 Å². The molecule has 1 aromatic carbocycles. The molecule has 0 bridgehead atoms. The van der Waals surface area contributed by atoms with Crippen LogP contribution in [0.4, 0.5) is 0 Å². The summed E-state index contributed by atoms with van der Waals surface area (Å²) in [5.74, 6) is -1.23. The van der Waals surface area contributed by atoms with E-state index in [0.717, 1.165) is 6.07 Å². The number of carbonyl (C=O) groups is 1. The summed E-state index contributed by atoms with van der Waals surface area (Å²) >= 11 is 3.01. The smallest absolute Gasteiger partial charge is 0.336 e. The zero-order chi connectivity index (χ0) is 13.1. The fourth-order valence-corrected chi connectivity index (χ4v) is 2.56. The third kappa shape index (κ3) is 3.50. The highest BCUT2D eigenvalue weighted by molar-refractivity contribution is 9.10. The third-order valence-electron chi connectivity index (χ3n) is 1.88. The van der Waals surface area contributed by atoms with Gasteiger partial charge in [-0.2, -0.15) is 0 Å². The predicted molar refractivity (Wildman–Crippen MR) is 63.4 cm³/mol. The predicted octanol–water partition coefficient (Wildman–Crippen LogP) is 0.418. The Kier molecular flexibility index (Phi) is 4.63. The van der Waals surface area contributed by atoms with Crippen molar-refractivity contribution >= 4 is 31.9 Å². The van der Waals surface area contributed by atoms with Crippen LogP contribution in [0.1, 0.15) is 10.4 Å². The highest BCUT2D eigenvalue weighted by atomic mass is 79.9. The molecular formula is C9H10BrNO5S. The van der Waals surface area contributed by atoms with Gasteiger partial charge in [-0.3, -0.25) is 0 Å². The quantitative estimate of drug-likeness (QED) is 0.728. The number of carboxylic acid groups (broad SMARTS) is 1. The topological polar surface area (TPSA) is 104 Å². The van der Waals surface area contributed by atoms with Crippen LogP contribution in [0.15, 0.2) is 27.6 Å². The molecule has 0 saturated carbocycles. The van der Waals surface area contributed by atoms with Crippen molar-refractivity contribution in [2.75, 3.05) is 13.2 Å². The molecule has 0 saturated heterocycles. The van der Waals surface area contributed by atoms with Crippen LogP contribution in [0.3, 0.4) is 0 Å². The monoisotopic (exact) mass is 323 g/mol. The molecule has 0 heterocycles. The number of halogens is 1. The molecule has 0 unspecified atom stereocenters. The summed E-state index contributed by atoms with van der Waals surface area (Å²) in [5, 5.41) is 17.4. The number of sulfonamides is 1. The van der Waals surface area contributed by atoms with Crippen LogP contribution in [-0.4, -0.2) is 37.8 Å². The molecule has 0 aliphatic rings. The van der Waals surface area contributed by atoms with Crippen LogP contribution < -0.4 is 4.72 Å². The number of hydrogen-bond donors (Lipinski definition) is 3. The zero-order valence-electron chi connectivity index (χ0n) is 8.55. The Morgan fingerprint density at radius 3 is 2.59 bits per heavy atom. The normalized spacial score (nSPS) is 11.4. The molecule has 0 atom stereocenters. The first-order valence-electron chi connectivity index (χ1n) is 4.52. The highest BCUT2D eigenvalue weighted by Gasteiger charge is 2.17. The summed E-state index contributed by atoms with van der Waals surface area (Å²) in [6.45, 7) is -0.456. The van der Waals surface area contributed by atoms with Crippen molar-refractivity contribution < 1.29 is 23.4 Å². The fourth-order valence-electron chi connectivity index (χ4n) is 1.10. The first kappa shape index (κ1) is 14.1. The van der Waals surface area contributed by atoms with Gasteiger partial charge in [0.1, 0.15) is 0 Å². The molecule has 0 radical (unpaired) electrons. The van der Waals surface area contributed by atoms with E-state index >= 15 is 0 Å². The van der Waals surface area contributed by atoms with Gasteiger partial charge in [0.2, 0.25) is 10.0 Å². The summed E-state index contributed by atoms with van der Waals surface area (Å²) in [7, 11) is -3.79. The molecule has 8 heteroatoms. The van der Waals surface area contributed by atoms with E-state index in [4.69, 9.17) is 10.2 Å². The van der Waals surface area contributed by atoms with Crippen molar-refractivity contribution in [3.05, 3.63) is 28.2 Å². The average Bonchev–Trinajstić information content (AvgIpc) is 2.26. The van der Waals surface area contributed by atoms with E-state index < -0.39 is 16.0 Å². The van der Waals surface area contributed by atoms with Gasteiger partial charge in [0.05, 0.1) is 17.1 Å². The molecular weight excluding hydrogens is 314 g/mol. The summed E-state index contributed by atoms with van der Waals surface area (Å²) < 4.78 is 25.7. The maximum absolute atomic E-state index is 11.6. The maximum Gasteiger partial charge on any atom is 0.336 e. The minimum atomic E-state index is -3.79. The van der Waals surface area contributed by atoms with Crippen LogP contribution in [-0.2, 0) is 10.0 Å². The molecule has 1 rings (SSSR count). The first-order chi connectivity index (χ1) is 7.88. The molecule has 0 aromatic heterocycles. The molecule has 0 fully saturated rings. The van der Waals surface area contributed by atoms with E-state index in [-0.39, 0.29) is 23.6 Å². The number of rotatable bonds is 5. The van der Waals surface area contributed by atoms with Gasteiger partial charge in [0, 0.05) is 11.0 Å². The van der Waals surface area contributed by atoms with E-state index in [2.05, 4.69) is 20.7 Å². The summed E-state index contributed by atoms with van der Waals surface area (Å²) in [6, 6.07) is 3.67. The van der Waals surface area contributed by atoms with Crippen molar-refractivity contribution in [3.63, 3.8) is 0 Å². The van der Waals surface area contributed by atoms with Crippen LogP contribution in [0.5, 0.6) is 0 Å².